The summed E-state index contributed by atoms with van der Waals surface area (Å²) in [5, 5.41) is 4.88. The third kappa shape index (κ3) is 5.10. The molecule has 0 spiro atoms. The Morgan fingerprint density at radius 3 is 1.43 bits per heavy atom. The number of hydrogen-bond donors (Lipinski definition) is 0. The summed E-state index contributed by atoms with van der Waals surface area (Å²) in [5.74, 6) is 0. The lowest BCUT2D eigenvalue weighted by atomic mass is 9.74. The molecule has 0 fully saturated rings. The van der Waals surface area contributed by atoms with Gasteiger partial charge in [0.05, 0.1) is 11.4 Å². The van der Waals surface area contributed by atoms with E-state index in [2.05, 4.69) is 229 Å². The Bertz CT molecular complexity index is 2800. The average Bonchev–Trinajstić information content (AvgIpc) is 3.50. The van der Waals surface area contributed by atoms with Crippen LogP contribution in [0.25, 0.3) is 32.7 Å². The van der Waals surface area contributed by atoms with E-state index >= 15 is 0 Å². The number of hydrogen-bond acceptors (Lipinski definition) is 2. The van der Waals surface area contributed by atoms with Crippen molar-refractivity contribution in [3.05, 3.63) is 229 Å². The standard InChI is InChI=1S/C52H38N2/c1-52(39-21-16-26-42(35-39)53(40-22-4-2-5-23-40)50-31-14-19-37-17-8-10-27-44(37)50)48-30-13-12-29-46(48)47-34-33-43(36-49(47)52)54(41-24-6-3-7-25-41)51-32-15-20-38-18-9-11-28-45(38)51/h2-36H,1H3. The van der Waals surface area contributed by atoms with Crippen molar-refractivity contribution in [1.82, 2.24) is 0 Å². The highest BCUT2D eigenvalue weighted by Crippen LogP contribution is 2.55. The summed E-state index contributed by atoms with van der Waals surface area (Å²) in [6.45, 7) is 2.41. The van der Waals surface area contributed by atoms with E-state index in [0.29, 0.717) is 0 Å². The van der Waals surface area contributed by atoms with E-state index in [1.807, 2.05) is 0 Å². The maximum absolute atomic E-state index is 2.44. The number of benzene rings is 9. The van der Waals surface area contributed by atoms with Crippen LogP contribution in [-0.4, -0.2) is 0 Å². The van der Waals surface area contributed by atoms with Gasteiger partial charge < -0.3 is 9.80 Å². The zero-order valence-corrected chi connectivity index (χ0v) is 30.1. The van der Waals surface area contributed by atoms with E-state index in [9.17, 15) is 0 Å². The van der Waals surface area contributed by atoms with Crippen molar-refractivity contribution in [2.24, 2.45) is 0 Å². The van der Waals surface area contributed by atoms with Gasteiger partial charge in [-0.2, -0.15) is 0 Å². The lowest BCUT2D eigenvalue weighted by molar-refractivity contribution is 0.714. The maximum Gasteiger partial charge on any atom is 0.0540 e. The van der Waals surface area contributed by atoms with E-state index in [0.717, 1.165) is 34.1 Å². The summed E-state index contributed by atoms with van der Waals surface area (Å²) < 4.78 is 0. The molecule has 1 aliphatic carbocycles. The molecule has 0 aliphatic heterocycles. The predicted molar refractivity (Wildman–Crippen MR) is 228 cm³/mol. The van der Waals surface area contributed by atoms with Crippen LogP contribution in [0, 0.1) is 0 Å². The van der Waals surface area contributed by atoms with Crippen LogP contribution in [0.2, 0.25) is 0 Å². The molecule has 54 heavy (non-hydrogen) atoms. The molecule has 10 rings (SSSR count). The molecule has 9 aromatic carbocycles. The van der Waals surface area contributed by atoms with Gasteiger partial charge in [0, 0.05) is 38.9 Å². The van der Waals surface area contributed by atoms with Crippen LogP contribution in [0.4, 0.5) is 34.1 Å². The van der Waals surface area contributed by atoms with Gasteiger partial charge in [0.1, 0.15) is 0 Å². The molecule has 0 saturated carbocycles. The molecule has 2 heteroatoms. The molecule has 0 aromatic heterocycles. The molecule has 9 aromatic rings. The number of anilines is 6. The fourth-order valence-corrected chi connectivity index (χ4v) is 8.70. The largest absolute Gasteiger partial charge is 0.310 e. The molecule has 0 saturated heterocycles. The molecule has 256 valence electrons. The molecule has 2 nitrogen and oxygen atoms in total. The van der Waals surface area contributed by atoms with Crippen LogP contribution >= 0.6 is 0 Å². The molecule has 0 N–H and O–H groups in total. The van der Waals surface area contributed by atoms with Crippen molar-refractivity contribution in [2.75, 3.05) is 9.80 Å². The van der Waals surface area contributed by atoms with Gasteiger partial charge in [-0.3, -0.25) is 0 Å². The first-order valence-electron chi connectivity index (χ1n) is 18.7. The zero-order valence-electron chi connectivity index (χ0n) is 30.1. The minimum Gasteiger partial charge on any atom is -0.310 e. The Labute approximate surface area is 316 Å². The normalized spacial score (nSPS) is 14.5. The number of fused-ring (bicyclic) bond motifs is 5. The molecule has 1 unspecified atom stereocenters. The first kappa shape index (κ1) is 31.8. The van der Waals surface area contributed by atoms with Gasteiger partial charge >= 0.3 is 0 Å². The summed E-state index contributed by atoms with van der Waals surface area (Å²) in [6.07, 6.45) is 0. The van der Waals surface area contributed by atoms with Gasteiger partial charge in [-0.05, 0) is 106 Å². The lowest BCUT2D eigenvalue weighted by Crippen LogP contribution is -2.23. The van der Waals surface area contributed by atoms with Gasteiger partial charge in [0.25, 0.3) is 0 Å². The second-order valence-corrected chi connectivity index (χ2v) is 14.3. The van der Waals surface area contributed by atoms with Crippen LogP contribution in [-0.2, 0) is 5.41 Å². The predicted octanol–water partition coefficient (Wildman–Crippen LogP) is 14.3. The molecular formula is C52H38N2. The second-order valence-electron chi connectivity index (χ2n) is 14.3. The Morgan fingerprint density at radius 1 is 0.333 bits per heavy atom. The van der Waals surface area contributed by atoms with E-state index in [1.165, 1.54) is 49.4 Å². The smallest absolute Gasteiger partial charge is 0.0540 e. The first-order chi connectivity index (χ1) is 26.7. The van der Waals surface area contributed by atoms with E-state index < -0.39 is 5.41 Å². The van der Waals surface area contributed by atoms with E-state index in [4.69, 9.17) is 0 Å². The van der Waals surface area contributed by atoms with Gasteiger partial charge in [0.2, 0.25) is 0 Å². The fourth-order valence-electron chi connectivity index (χ4n) is 8.70. The highest BCUT2D eigenvalue weighted by atomic mass is 15.1. The van der Waals surface area contributed by atoms with Crippen molar-refractivity contribution >= 4 is 55.7 Å². The maximum atomic E-state index is 2.44. The molecule has 0 bridgehead atoms. The highest BCUT2D eigenvalue weighted by molar-refractivity contribution is 6.00. The van der Waals surface area contributed by atoms with Gasteiger partial charge in [0.15, 0.2) is 0 Å². The minimum absolute atomic E-state index is 0.416. The van der Waals surface area contributed by atoms with E-state index in [-0.39, 0.29) is 0 Å². The summed E-state index contributed by atoms with van der Waals surface area (Å²) in [5.41, 5.74) is 12.9. The van der Waals surface area contributed by atoms with Crippen molar-refractivity contribution in [3.8, 4) is 11.1 Å². The highest BCUT2D eigenvalue weighted by Gasteiger charge is 2.41. The monoisotopic (exact) mass is 690 g/mol. The third-order valence-corrected chi connectivity index (χ3v) is 11.3. The average molecular weight is 691 g/mol. The SMILES string of the molecule is CC1(c2cccc(N(c3ccccc3)c3cccc4ccccc34)c2)c2ccccc2-c2ccc(N(c3ccccc3)c3cccc4ccccc34)cc21. The second kappa shape index (κ2) is 12.9. The van der Waals surface area contributed by atoms with Crippen LogP contribution < -0.4 is 9.80 Å². The van der Waals surface area contributed by atoms with Gasteiger partial charge in [-0.15, -0.1) is 0 Å². The van der Waals surface area contributed by atoms with Crippen LogP contribution in [0.15, 0.2) is 212 Å². The van der Waals surface area contributed by atoms with E-state index in [1.54, 1.807) is 0 Å². The topological polar surface area (TPSA) is 6.48 Å². The molecule has 1 aliphatic rings. The molecule has 0 radical (unpaired) electrons. The summed E-state index contributed by atoms with van der Waals surface area (Å²) in [4.78, 5) is 4.82. The Balaban J connectivity index is 1.18. The van der Waals surface area contributed by atoms with Crippen molar-refractivity contribution < 1.29 is 0 Å². The first-order valence-corrected chi connectivity index (χ1v) is 18.7. The van der Waals surface area contributed by atoms with Crippen molar-refractivity contribution in [2.45, 2.75) is 12.3 Å². The van der Waals surface area contributed by atoms with Crippen LogP contribution in [0.1, 0.15) is 23.6 Å². The van der Waals surface area contributed by atoms with Crippen LogP contribution in [0.5, 0.6) is 0 Å². The third-order valence-electron chi connectivity index (χ3n) is 11.3. The lowest BCUT2D eigenvalue weighted by Gasteiger charge is -2.33. The minimum atomic E-state index is -0.416. The summed E-state index contributed by atoms with van der Waals surface area (Å²) in [7, 11) is 0. The van der Waals surface area contributed by atoms with Gasteiger partial charge in [-0.25, -0.2) is 0 Å². The molecule has 1 atom stereocenters. The fraction of sp³-hybridized carbons (Fsp3) is 0.0385. The quantitative estimate of drug-likeness (QED) is 0.164. The number of para-hydroxylation sites is 2. The van der Waals surface area contributed by atoms with Crippen LogP contribution in [0.3, 0.4) is 0 Å². The van der Waals surface area contributed by atoms with Gasteiger partial charge in [-0.1, -0.05) is 152 Å². The zero-order chi connectivity index (χ0) is 36.1. The Kier molecular flexibility index (Phi) is 7.63. The number of rotatable bonds is 7. The Morgan fingerprint density at radius 2 is 0.796 bits per heavy atom. The summed E-state index contributed by atoms with van der Waals surface area (Å²) in [6, 6.07) is 77.3. The van der Waals surface area contributed by atoms with Crippen molar-refractivity contribution in [3.63, 3.8) is 0 Å². The number of nitrogens with zero attached hydrogens (tertiary/aromatic N) is 2. The summed E-state index contributed by atoms with van der Waals surface area (Å²) >= 11 is 0. The molecule has 0 heterocycles. The molecule has 0 amide bonds. The Hall–Kier alpha value is -6.90. The van der Waals surface area contributed by atoms with Crippen molar-refractivity contribution in [1.29, 1.82) is 0 Å². The molecular weight excluding hydrogens is 653 g/mol.